The van der Waals surface area contributed by atoms with Crippen molar-refractivity contribution < 1.29 is 14.2 Å². The molecule has 21 heavy (non-hydrogen) atoms. The monoisotopic (exact) mass is 290 g/mol. The first-order valence-electron chi connectivity index (χ1n) is 6.70. The number of hydrogen-bond acceptors (Lipinski definition) is 6. The molecular formula is C14H18N4O3. The van der Waals surface area contributed by atoms with Crippen molar-refractivity contribution in [3.8, 4) is 28.5 Å². The van der Waals surface area contributed by atoms with Crippen LogP contribution in [0.3, 0.4) is 0 Å². The maximum Gasteiger partial charge on any atom is 0.203 e. The van der Waals surface area contributed by atoms with Gasteiger partial charge in [-0.2, -0.15) is 0 Å². The largest absolute Gasteiger partial charge is 0.493 e. The summed E-state index contributed by atoms with van der Waals surface area (Å²) < 4.78 is 18.0. The van der Waals surface area contributed by atoms with Gasteiger partial charge in [0.2, 0.25) is 5.75 Å². The van der Waals surface area contributed by atoms with Gasteiger partial charge < -0.3 is 19.5 Å². The maximum atomic E-state index is 5.48. The Morgan fingerprint density at radius 1 is 1.10 bits per heavy atom. The molecule has 1 aromatic carbocycles. The minimum absolute atomic E-state index is 0.373. The second-order valence-corrected chi connectivity index (χ2v) is 4.78. The molecule has 0 amide bonds. The molecule has 0 spiro atoms. The van der Waals surface area contributed by atoms with Crippen LogP contribution in [0.2, 0.25) is 0 Å². The minimum atomic E-state index is 0.373. The minimum Gasteiger partial charge on any atom is -0.493 e. The molecule has 2 heterocycles. The molecule has 112 valence electrons. The predicted molar refractivity (Wildman–Crippen MR) is 77.0 cm³/mol. The van der Waals surface area contributed by atoms with Gasteiger partial charge in [-0.05, 0) is 12.1 Å². The number of nitrogens with one attached hydrogen (secondary N) is 1. The fourth-order valence-corrected chi connectivity index (χ4v) is 2.34. The number of hydrogen-bond donors (Lipinski definition) is 1. The number of aromatic nitrogens is 3. The van der Waals surface area contributed by atoms with Crippen molar-refractivity contribution in [2.45, 2.75) is 6.04 Å². The lowest BCUT2D eigenvalue weighted by molar-refractivity contribution is 0.313. The molecule has 0 aliphatic carbocycles. The molecule has 0 atom stereocenters. The maximum absolute atomic E-state index is 5.48. The van der Waals surface area contributed by atoms with Crippen molar-refractivity contribution in [2.75, 3.05) is 34.4 Å². The van der Waals surface area contributed by atoms with Crippen LogP contribution in [0.25, 0.3) is 11.3 Å². The van der Waals surface area contributed by atoms with E-state index in [1.54, 1.807) is 21.3 Å². The van der Waals surface area contributed by atoms with Crippen molar-refractivity contribution >= 4 is 0 Å². The van der Waals surface area contributed by atoms with Crippen LogP contribution in [-0.2, 0) is 0 Å². The molecule has 0 bridgehead atoms. The first kappa shape index (κ1) is 13.7. The smallest absolute Gasteiger partial charge is 0.203 e. The van der Waals surface area contributed by atoms with Gasteiger partial charge in [-0.15, -0.1) is 5.10 Å². The van der Waals surface area contributed by atoms with E-state index in [4.69, 9.17) is 14.2 Å². The Hall–Kier alpha value is -2.28. The predicted octanol–water partition coefficient (Wildman–Crippen LogP) is 1.12. The lowest BCUT2D eigenvalue weighted by Crippen LogP contribution is -2.43. The zero-order chi connectivity index (χ0) is 14.8. The van der Waals surface area contributed by atoms with Crippen molar-refractivity contribution in [1.82, 2.24) is 20.3 Å². The number of rotatable bonds is 5. The molecule has 1 saturated heterocycles. The zero-order valence-electron chi connectivity index (χ0n) is 12.3. The van der Waals surface area contributed by atoms with Crippen molar-refractivity contribution in [1.29, 1.82) is 0 Å². The number of benzene rings is 1. The van der Waals surface area contributed by atoms with Crippen molar-refractivity contribution in [2.24, 2.45) is 0 Å². The topological polar surface area (TPSA) is 70.4 Å². The van der Waals surface area contributed by atoms with E-state index in [9.17, 15) is 0 Å². The summed E-state index contributed by atoms with van der Waals surface area (Å²) in [6, 6.07) is 4.10. The van der Waals surface area contributed by atoms with E-state index < -0.39 is 0 Å². The van der Waals surface area contributed by atoms with Crippen LogP contribution in [-0.4, -0.2) is 49.4 Å². The standard InChI is InChI=1S/C14H18N4O3/c1-19-12-5-4-10(13(20-2)14(12)21-3)11-8-18(17-16-11)9-6-15-7-9/h4-5,8-9,15H,6-7H2,1-3H3. The van der Waals surface area contributed by atoms with Crippen LogP contribution < -0.4 is 19.5 Å². The summed E-state index contributed by atoms with van der Waals surface area (Å²) >= 11 is 0. The second-order valence-electron chi connectivity index (χ2n) is 4.78. The number of ether oxygens (including phenoxy) is 3. The third-order valence-electron chi connectivity index (χ3n) is 3.62. The van der Waals surface area contributed by atoms with E-state index in [1.807, 2.05) is 23.0 Å². The molecule has 1 aliphatic rings. The molecule has 2 aromatic rings. The molecule has 7 nitrogen and oxygen atoms in total. The Morgan fingerprint density at radius 2 is 1.86 bits per heavy atom. The summed E-state index contributed by atoms with van der Waals surface area (Å²) in [6.45, 7) is 1.84. The van der Waals surface area contributed by atoms with Crippen molar-refractivity contribution in [3.63, 3.8) is 0 Å². The van der Waals surface area contributed by atoms with Gasteiger partial charge >= 0.3 is 0 Å². The Kier molecular flexibility index (Phi) is 3.66. The van der Waals surface area contributed by atoms with Gasteiger partial charge in [-0.3, -0.25) is 0 Å². The molecule has 1 N–H and O–H groups in total. The number of nitrogens with zero attached hydrogens (tertiary/aromatic N) is 3. The highest BCUT2D eigenvalue weighted by molar-refractivity contribution is 5.73. The van der Waals surface area contributed by atoms with Crippen LogP contribution in [0, 0.1) is 0 Å². The first-order valence-corrected chi connectivity index (χ1v) is 6.70. The van der Waals surface area contributed by atoms with Gasteiger partial charge in [-0.1, -0.05) is 5.21 Å². The second kappa shape index (κ2) is 5.61. The Bertz CT molecular complexity index is 637. The Labute approximate surface area is 122 Å². The lowest BCUT2D eigenvalue weighted by Gasteiger charge is -2.26. The SMILES string of the molecule is COc1ccc(-c2cn(C3CNC3)nn2)c(OC)c1OC. The summed E-state index contributed by atoms with van der Waals surface area (Å²) in [7, 11) is 4.78. The molecule has 3 rings (SSSR count). The fraction of sp³-hybridized carbons (Fsp3) is 0.429. The third-order valence-corrected chi connectivity index (χ3v) is 3.62. The molecule has 1 fully saturated rings. The summed E-state index contributed by atoms with van der Waals surface area (Å²) in [5, 5.41) is 11.6. The van der Waals surface area contributed by atoms with Gasteiger partial charge in [0.15, 0.2) is 11.5 Å². The third kappa shape index (κ3) is 2.29. The molecule has 0 saturated carbocycles. The fourth-order valence-electron chi connectivity index (χ4n) is 2.34. The van der Waals surface area contributed by atoms with Gasteiger partial charge in [0.25, 0.3) is 0 Å². The average Bonchev–Trinajstić information content (AvgIpc) is 2.92. The van der Waals surface area contributed by atoms with E-state index in [2.05, 4.69) is 15.6 Å². The molecule has 1 aliphatic heterocycles. The van der Waals surface area contributed by atoms with E-state index in [-0.39, 0.29) is 0 Å². The Morgan fingerprint density at radius 3 is 2.43 bits per heavy atom. The zero-order valence-corrected chi connectivity index (χ0v) is 12.3. The first-order chi connectivity index (χ1) is 10.3. The van der Waals surface area contributed by atoms with Crippen molar-refractivity contribution in [3.05, 3.63) is 18.3 Å². The molecule has 1 aromatic heterocycles. The Balaban J connectivity index is 2.02. The van der Waals surface area contributed by atoms with Crippen LogP contribution in [0.5, 0.6) is 17.2 Å². The summed E-state index contributed by atoms with van der Waals surface area (Å²) in [6.07, 6.45) is 1.93. The van der Waals surface area contributed by atoms with Gasteiger partial charge in [0.1, 0.15) is 5.69 Å². The highest BCUT2D eigenvalue weighted by Crippen LogP contribution is 2.43. The quantitative estimate of drug-likeness (QED) is 0.889. The van der Waals surface area contributed by atoms with E-state index in [1.165, 1.54) is 0 Å². The van der Waals surface area contributed by atoms with E-state index in [0.29, 0.717) is 23.3 Å². The summed E-state index contributed by atoms with van der Waals surface area (Å²) in [5.74, 6) is 1.77. The van der Waals surface area contributed by atoms with Crippen LogP contribution in [0.15, 0.2) is 18.3 Å². The lowest BCUT2D eigenvalue weighted by atomic mass is 10.1. The highest BCUT2D eigenvalue weighted by atomic mass is 16.5. The van der Waals surface area contributed by atoms with Gasteiger partial charge in [-0.25, -0.2) is 4.68 Å². The van der Waals surface area contributed by atoms with Crippen LogP contribution >= 0.6 is 0 Å². The summed E-state index contributed by atoms with van der Waals surface area (Å²) in [5.41, 5.74) is 1.58. The average molecular weight is 290 g/mol. The normalized spacial score (nSPS) is 14.6. The van der Waals surface area contributed by atoms with Crippen LogP contribution in [0.4, 0.5) is 0 Å². The van der Waals surface area contributed by atoms with E-state index >= 15 is 0 Å². The molecule has 0 unspecified atom stereocenters. The van der Waals surface area contributed by atoms with E-state index in [0.717, 1.165) is 24.3 Å². The summed E-state index contributed by atoms with van der Waals surface area (Å²) in [4.78, 5) is 0. The molecule has 0 radical (unpaired) electrons. The van der Waals surface area contributed by atoms with Gasteiger partial charge in [0.05, 0.1) is 33.6 Å². The number of methoxy groups -OCH3 is 3. The van der Waals surface area contributed by atoms with Crippen LogP contribution in [0.1, 0.15) is 6.04 Å². The highest BCUT2D eigenvalue weighted by Gasteiger charge is 2.23. The molecule has 7 heteroatoms. The van der Waals surface area contributed by atoms with Gasteiger partial charge in [0, 0.05) is 18.7 Å². The molecular weight excluding hydrogens is 272 g/mol.